The van der Waals surface area contributed by atoms with Crippen LogP contribution in [0.5, 0.6) is 5.75 Å². The topological polar surface area (TPSA) is 88.6 Å². The second-order valence-corrected chi connectivity index (χ2v) is 6.76. The van der Waals surface area contributed by atoms with Gasteiger partial charge in [-0.25, -0.2) is 9.97 Å². The molecule has 0 spiro atoms. The van der Waals surface area contributed by atoms with Crippen LogP contribution in [0, 0.1) is 13.8 Å². The highest BCUT2D eigenvalue weighted by atomic mass is 16.5. The number of aryl methyl sites for hydroxylation is 2. The van der Waals surface area contributed by atoms with Crippen LogP contribution >= 0.6 is 0 Å². The lowest BCUT2D eigenvalue weighted by molar-refractivity contribution is 0.0383. The first kappa shape index (κ1) is 20.0. The van der Waals surface area contributed by atoms with E-state index in [-0.39, 0.29) is 5.91 Å². The largest absolute Gasteiger partial charge is 0.495 e. The van der Waals surface area contributed by atoms with Crippen molar-refractivity contribution in [3.63, 3.8) is 0 Å². The summed E-state index contributed by atoms with van der Waals surface area (Å²) in [5.74, 6) is 0.840. The predicted molar refractivity (Wildman–Crippen MR) is 107 cm³/mol. The van der Waals surface area contributed by atoms with Crippen LogP contribution in [0.2, 0.25) is 0 Å². The molecule has 1 amide bonds. The van der Waals surface area contributed by atoms with Gasteiger partial charge >= 0.3 is 0 Å². The molecular formula is C20H27N5O3. The van der Waals surface area contributed by atoms with Crippen LogP contribution in [-0.2, 0) is 4.74 Å². The van der Waals surface area contributed by atoms with Gasteiger partial charge in [0.2, 0.25) is 5.95 Å². The van der Waals surface area contributed by atoms with Crippen LogP contribution in [0.25, 0.3) is 0 Å². The SMILES string of the molecule is COc1ccc(C)cc1Nc1nc(C)cc(C(=O)NCCN2CCOCC2)n1. The number of morpholine rings is 1. The molecule has 1 saturated heterocycles. The van der Waals surface area contributed by atoms with Gasteiger partial charge in [-0.05, 0) is 37.6 Å². The van der Waals surface area contributed by atoms with Crippen LogP contribution in [0.1, 0.15) is 21.7 Å². The fourth-order valence-electron chi connectivity index (χ4n) is 3.02. The van der Waals surface area contributed by atoms with Crippen LogP contribution < -0.4 is 15.4 Å². The summed E-state index contributed by atoms with van der Waals surface area (Å²) in [4.78, 5) is 23.6. The van der Waals surface area contributed by atoms with E-state index < -0.39 is 0 Å². The Hall–Kier alpha value is -2.71. The van der Waals surface area contributed by atoms with Crippen molar-refractivity contribution in [2.75, 3.05) is 51.8 Å². The smallest absolute Gasteiger partial charge is 0.270 e. The van der Waals surface area contributed by atoms with E-state index in [2.05, 4.69) is 25.5 Å². The summed E-state index contributed by atoms with van der Waals surface area (Å²) in [6.45, 7) is 8.48. The lowest BCUT2D eigenvalue weighted by atomic mass is 10.2. The van der Waals surface area contributed by atoms with Gasteiger partial charge < -0.3 is 20.1 Å². The van der Waals surface area contributed by atoms with Gasteiger partial charge in [-0.3, -0.25) is 9.69 Å². The molecule has 0 aliphatic carbocycles. The number of amides is 1. The number of hydrogen-bond acceptors (Lipinski definition) is 7. The molecule has 0 bridgehead atoms. The van der Waals surface area contributed by atoms with Crippen molar-refractivity contribution in [3.8, 4) is 5.75 Å². The molecule has 0 unspecified atom stereocenters. The van der Waals surface area contributed by atoms with Gasteiger partial charge in [0.25, 0.3) is 5.91 Å². The molecule has 0 radical (unpaired) electrons. The Balaban J connectivity index is 1.65. The molecule has 2 heterocycles. The van der Waals surface area contributed by atoms with Gasteiger partial charge in [-0.1, -0.05) is 6.07 Å². The van der Waals surface area contributed by atoms with Crippen molar-refractivity contribution in [2.24, 2.45) is 0 Å². The summed E-state index contributed by atoms with van der Waals surface area (Å²) in [7, 11) is 1.61. The number of nitrogens with zero attached hydrogens (tertiary/aromatic N) is 3. The molecular weight excluding hydrogens is 358 g/mol. The number of nitrogens with one attached hydrogen (secondary N) is 2. The molecule has 1 fully saturated rings. The molecule has 8 nitrogen and oxygen atoms in total. The van der Waals surface area contributed by atoms with Crippen molar-refractivity contribution >= 4 is 17.5 Å². The minimum absolute atomic E-state index is 0.210. The van der Waals surface area contributed by atoms with Crippen LogP contribution in [0.3, 0.4) is 0 Å². The molecule has 150 valence electrons. The summed E-state index contributed by atoms with van der Waals surface area (Å²) < 4.78 is 10.7. The van der Waals surface area contributed by atoms with E-state index in [0.29, 0.717) is 29.6 Å². The zero-order valence-corrected chi connectivity index (χ0v) is 16.6. The number of anilines is 2. The van der Waals surface area contributed by atoms with Crippen molar-refractivity contribution < 1.29 is 14.3 Å². The number of rotatable bonds is 7. The van der Waals surface area contributed by atoms with Gasteiger partial charge in [0.1, 0.15) is 11.4 Å². The second kappa shape index (κ2) is 9.48. The summed E-state index contributed by atoms with van der Waals surface area (Å²) in [6, 6.07) is 7.48. The first-order valence-electron chi connectivity index (χ1n) is 9.41. The number of carbonyl (C=O) groups is 1. The van der Waals surface area contributed by atoms with E-state index in [1.807, 2.05) is 32.0 Å². The molecule has 0 atom stereocenters. The Morgan fingerprint density at radius 3 is 2.75 bits per heavy atom. The molecule has 8 heteroatoms. The molecule has 0 saturated carbocycles. The molecule has 1 aromatic heterocycles. The first-order valence-corrected chi connectivity index (χ1v) is 9.41. The van der Waals surface area contributed by atoms with Crippen LogP contribution in [0.15, 0.2) is 24.3 Å². The van der Waals surface area contributed by atoms with Crippen molar-refractivity contribution in [1.82, 2.24) is 20.2 Å². The molecule has 1 aliphatic rings. The Morgan fingerprint density at radius 1 is 1.21 bits per heavy atom. The summed E-state index contributed by atoms with van der Waals surface area (Å²) in [5, 5.41) is 6.09. The van der Waals surface area contributed by atoms with Gasteiger partial charge in [0.05, 0.1) is 26.0 Å². The number of hydrogen-bond donors (Lipinski definition) is 2. The van der Waals surface area contributed by atoms with E-state index in [1.54, 1.807) is 13.2 Å². The van der Waals surface area contributed by atoms with Gasteiger partial charge in [-0.15, -0.1) is 0 Å². The summed E-state index contributed by atoms with van der Waals surface area (Å²) >= 11 is 0. The van der Waals surface area contributed by atoms with E-state index in [0.717, 1.165) is 44.1 Å². The minimum atomic E-state index is -0.210. The second-order valence-electron chi connectivity index (χ2n) is 6.76. The average molecular weight is 385 g/mol. The van der Waals surface area contributed by atoms with E-state index in [4.69, 9.17) is 9.47 Å². The van der Waals surface area contributed by atoms with E-state index in [9.17, 15) is 4.79 Å². The van der Waals surface area contributed by atoms with E-state index in [1.165, 1.54) is 0 Å². The zero-order valence-electron chi connectivity index (χ0n) is 16.6. The highest BCUT2D eigenvalue weighted by molar-refractivity contribution is 5.92. The fraction of sp³-hybridized carbons (Fsp3) is 0.450. The highest BCUT2D eigenvalue weighted by Crippen LogP contribution is 2.27. The average Bonchev–Trinajstić information content (AvgIpc) is 2.68. The third kappa shape index (κ3) is 5.40. The molecule has 1 aliphatic heterocycles. The Morgan fingerprint density at radius 2 is 2.00 bits per heavy atom. The third-order valence-corrected chi connectivity index (χ3v) is 4.51. The van der Waals surface area contributed by atoms with Gasteiger partial charge in [-0.2, -0.15) is 0 Å². The molecule has 3 rings (SSSR count). The van der Waals surface area contributed by atoms with Crippen molar-refractivity contribution in [3.05, 3.63) is 41.2 Å². The number of methoxy groups -OCH3 is 1. The third-order valence-electron chi connectivity index (χ3n) is 4.51. The first-order chi connectivity index (χ1) is 13.5. The normalized spacial score (nSPS) is 14.5. The predicted octanol–water partition coefficient (Wildman–Crippen LogP) is 1.91. The Bertz CT molecular complexity index is 821. The Kier molecular flexibility index (Phi) is 6.78. The lowest BCUT2D eigenvalue weighted by Crippen LogP contribution is -2.41. The van der Waals surface area contributed by atoms with Gasteiger partial charge in [0.15, 0.2) is 0 Å². The molecule has 28 heavy (non-hydrogen) atoms. The quantitative estimate of drug-likeness (QED) is 0.753. The highest BCUT2D eigenvalue weighted by Gasteiger charge is 2.14. The fourth-order valence-corrected chi connectivity index (χ4v) is 3.02. The van der Waals surface area contributed by atoms with Crippen LogP contribution in [-0.4, -0.2) is 67.3 Å². The number of ether oxygens (including phenoxy) is 2. The van der Waals surface area contributed by atoms with Gasteiger partial charge in [0, 0.05) is 31.9 Å². The Labute approximate surface area is 165 Å². The lowest BCUT2D eigenvalue weighted by Gasteiger charge is -2.26. The number of benzene rings is 1. The number of carbonyl (C=O) groups excluding carboxylic acids is 1. The van der Waals surface area contributed by atoms with Crippen molar-refractivity contribution in [1.29, 1.82) is 0 Å². The number of aromatic nitrogens is 2. The van der Waals surface area contributed by atoms with E-state index >= 15 is 0 Å². The maximum absolute atomic E-state index is 12.5. The minimum Gasteiger partial charge on any atom is -0.495 e. The van der Waals surface area contributed by atoms with Crippen molar-refractivity contribution in [2.45, 2.75) is 13.8 Å². The maximum Gasteiger partial charge on any atom is 0.270 e. The monoisotopic (exact) mass is 385 g/mol. The summed E-state index contributed by atoms with van der Waals surface area (Å²) in [6.07, 6.45) is 0. The standard InChI is InChI=1S/C20H27N5O3/c1-14-4-5-18(27-3)16(12-14)23-20-22-15(2)13-17(24-20)19(26)21-6-7-25-8-10-28-11-9-25/h4-5,12-13H,6-11H2,1-3H3,(H,21,26)(H,22,23,24). The van der Waals surface area contributed by atoms with Crippen LogP contribution in [0.4, 0.5) is 11.6 Å². The zero-order chi connectivity index (χ0) is 19.9. The molecule has 2 N–H and O–H groups in total. The maximum atomic E-state index is 12.5. The molecule has 1 aromatic carbocycles. The molecule has 2 aromatic rings. The summed E-state index contributed by atoms with van der Waals surface area (Å²) in [5.41, 5.74) is 2.88.